The highest BCUT2D eigenvalue weighted by atomic mass is 16.6. The summed E-state index contributed by atoms with van der Waals surface area (Å²) in [6.45, 7) is 11.8. The average molecular weight is 336 g/mol. The molecule has 2 rings (SSSR count). The maximum Gasteiger partial charge on any atom is 0.407 e. The molecule has 0 aromatic carbocycles. The van der Waals surface area contributed by atoms with Crippen molar-refractivity contribution < 1.29 is 14.3 Å². The van der Waals surface area contributed by atoms with E-state index >= 15 is 0 Å². The Morgan fingerprint density at radius 1 is 1.29 bits per heavy atom. The van der Waals surface area contributed by atoms with E-state index in [1.807, 2.05) is 31.7 Å². The standard InChI is InChI=1S/C19H32N2O3/c1-5-14-10-17(22)21(12-14)13-16-8-6-15(7-9-16)11-20-18(23)24-19(2,3)4/h5,14-16H,1,6-13H2,2-4H3,(H,20,23). The van der Waals surface area contributed by atoms with Crippen molar-refractivity contribution in [2.24, 2.45) is 17.8 Å². The van der Waals surface area contributed by atoms with E-state index < -0.39 is 5.60 Å². The molecule has 1 aliphatic carbocycles. The fourth-order valence-corrected chi connectivity index (χ4v) is 3.61. The Morgan fingerprint density at radius 2 is 1.92 bits per heavy atom. The molecule has 0 aromatic rings. The van der Waals surface area contributed by atoms with Gasteiger partial charge in [-0.25, -0.2) is 4.79 Å². The number of hydrogen-bond donors (Lipinski definition) is 1. The van der Waals surface area contributed by atoms with Gasteiger partial charge in [-0.05, 0) is 58.3 Å². The van der Waals surface area contributed by atoms with Gasteiger partial charge in [0.2, 0.25) is 5.91 Å². The van der Waals surface area contributed by atoms with Gasteiger partial charge in [0.25, 0.3) is 0 Å². The number of nitrogens with zero attached hydrogens (tertiary/aromatic N) is 1. The molecule has 1 atom stereocenters. The number of amides is 2. The third-order valence-corrected chi connectivity index (χ3v) is 4.96. The van der Waals surface area contributed by atoms with E-state index in [2.05, 4.69) is 11.9 Å². The molecule has 0 radical (unpaired) electrons. The van der Waals surface area contributed by atoms with Crippen LogP contribution in [-0.4, -0.2) is 42.1 Å². The SMILES string of the molecule is C=CC1CC(=O)N(CC2CCC(CNC(=O)OC(C)(C)C)CC2)C1. The van der Waals surface area contributed by atoms with E-state index in [0.717, 1.165) is 38.8 Å². The molecule has 1 saturated heterocycles. The van der Waals surface area contributed by atoms with Crippen LogP contribution in [0, 0.1) is 17.8 Å². The predicted octanol–water partition coefficient (Wildman–Crippen LogP) is 3.35. The van der Waals surface area contributed by atoms with Gasteiger partial charge in [0.15, 0.2) is 0 Å². The van der Waals surface area contributed by atoms with Crippen LogP contribution < -0.4 is 5.32 Å². The van der Waals surface area contributed by atoms with Crippen LogP contribution in [0.25, 0.3) is 0 Å². The summed E-state index contributed by atoms with van der Waals surface area (Å²) in [7, 11) is 0. The molecule has 0 bridgehead atoms. The van der Waals surface area contributed by atoms with Gasteiger partial charge in [0.05, 0.1) is 0 Å². The monoisotopic (exact) mass is 336 g/mol. The molecule has 5 heteroatoms. The van der Waals surface area contributed by atoms with E-state index in [1.54, 1.807) is 0 Å². The molecular weight excluding hydrogens is 304 g/mol. The van der Waals surface area contributed by atoms with Crippen molar-refractivity contribution in [2.75, 3.05) is 19.6 Å². The molecule has 1 N–H and O–H groups in total. The third kappa shape index (κ3) is 5.84. The van der Waals surface area contributed by atoms with Crippen LogP contribution in [0.3, 0.4) is 0 Å². The highest BCUT2D eigenvalue weighted by Gasteiger charge is 2.31. The van der Waals surface area contributed by atoms with Gasteiger partial charge >= 0.3 is 6.09 Å². The minimum absolute atomic E-state index is 0.272. The molecule has 1 heterocycles. The second kappa shape index (κ2) is 8.04. The molecule has 24 heavy (non-hydrogen) atoms. The molecule has 2 amide bonds. The molecule has 1 unspecified atom stereocenters. The Morgan fingerprint density at radius 3 is 2.46 bits per heavy atom. The van der Waals surface area contributed by atoms with Crippen LogP contribution in [-0.2, 0) is 9.53 Å². The van der Waals surface area contributed by atoms with E-state index in [1.165, 1.54) is 0 Å². The van der Waals surface area contributed by atoms with Crippen molar-refractivity contribution in [1.29, 1.82) is 0 Å². The Hall–Kier alpha value is -1.52. The maximum atomic E-state index is 12.0. The van der Waals surface area contributed by atoms with Gasteiger partial charge in [-0.3, -0.25) is 4.79 Å². The summed E-state index contributed by atoms with van der Waals surface area (Å²) in [6.07, 6.45) is 6.66. The molecule has 5 nitrogen and oxygen atoms in total. The predicted molar refractivity (Wildman–Crippen MR) is 94.6 cm³/mol. The number of likely N-dealkylation sites (tertiary alicyclic amines) is 1. The van der Waals surface area contributed by atoms with E-state index in [9.17, 15) is 9.59 Å². The van der Waals surface area contributed by atoms with Crippen molar-refractivity contribution in [1.82, 2.24) is 10.2 Å². The van der Waals surface area contributed by atoms with Gasteiger partial charge in [0, 0.05) is 32.0 Å². The fourth-order valence-electron chi connectivity index (χ4n) is 3.61. The molecule has 1 aliphatic heterocycles. The first-order valence-corrected chi connectivity index (χ1v) is 9.14. The van der Waals surface area contributed by atoms with Crippen molar-refractivity contribution in [2.45, 2.75) is 58.5 Å². The summed E-state index contributed by atoms with van der Waals surface area (Å²) in [5, 5.41) is 2.88. The Bertz CT molecular complexity index is 462. The lowest BCUT2D eigenvalue weighted by molar-refractivity contribution is -0.128. The summed E-state index contributed by atoms with van der Waals surface area (Å²) in [6, 6.07) is 0. The van der Waals surface area contributed by atoms with E-state index in [4.69, 9.17) is 4.74 Å². The van der Waals surface area contributed by atoms with Crippen molar-refractivity contribution in [3.63, 3.8) is 0 Å². The minimum Gasteiger partial charge on any atom is -0.444 e. The lowest BCUT2D eigenvalue weighted by Gasteiger charge is -2.31. The number of alkyl carbamates (subject to hydrolysis) is 1. The Labute approximate surface area is 145 Å². The first-order valence-electron chi connectivity index (χ1n) is 9.14. The zero-order valence-corrected chi connectivity index (χ0v) is 15.3. The number of ether oxygens (including phenoxy) is 1. The number of carbonyl (C=O) groups is 2. The summed E-state index contributed by atoms with van der Waals surface area (Å²) >= 11 is 0. The zero-order chi connectivity index (χ0) is 17.7. The van der Waals surface area contributed by atoms with Crippen LogP contribution in [0.2, 0.25) is 0 Å². The normalized spacial score (nSPS) is 27.9. The molecule has 1 saturated carbocycles. The molecule has 2 fully saturated rings. The van der Waals surface area contributed by atoms with Crippen LogP contribution in [0.15, 0.2) is 12.7 Å². The second-order valence-corrected chi connectivity index (χ2v) is 8.27. The number of rotatable bonds is 5. The summed E-state index contributed by atoms with van der Waals surface area (Å²) in [4.78, 5) is 25.7. The second-order valence-electron chi connectivity index (χ2n) is 8.27. The van der Waals surface area contributed by atoms with Gasteiger partial charge in [0.1, 0.15) is 5.60 Å². The Kier molecular flexibility index (Phi) is 6.30. The third-order valence-electron chi connectivity index (χ3n) is 4.96. The lowest BCUT2D eigenvalue weighted by Crippen LogP contribution is -2.37. The van der Waals surface area contributed by atoms with Gasteiger partial charge in [-0.2, -0.15) is 0 Å². The zero-order valence-electron chi connectivity index (χ0n) is 15.3. The van der Waals surface area contributed by atoms with Crippen LogP contribution >= 0.6 is 0 Å². The highest BCUT2D eigenvalue weighted by Crippen LogP contribution is 2.30. The molecular formula is C19H32N2O3. The molecule has 2 aliphatic rings. The maximum absolute atomic E-state index is 12.0. The van der Waals surface area contributed by atoms with Gasteiger partial charge in [-0.15, -0.1) is 6.58 Å². The first kappa shape index (κ1) is 18.8. The van der Waals surface area contributed by atoms with Crippen LogP contribution in [0.5, 0.6) is 0 Å². The lowest BCUT2D eigenvalue weighted by atomic mass is 9.81. The average Bonchev–Trinajstić information content (AvgIpc) is 2.85. The largest absolute Gasteiger partial charge is 0.444 e. The number of nitrogens with one attached hydrogen (secondary N) is 1. The number of hydrogen-bond acceptors (Lipinski definition) is 3. The molecule has 136 valence electrons. The van der Waals surface area contributed by atoms with Crippen LogP contribution in [0.4, 0.5) is 4.79 Å². The van der Waals surface area contributed by atoms with Gasteiger partial charge in [-0.1, -0.05) is 6.08 Å². The van der Waals surface area contributed by atoms with Crippen LogP contribution in [0.1, 0.15) is 52.9 Å². The number of carbonyl (C=O) groups excluding carboxylic acids is 2. The molecule has 0 aromatic heterocycles. The highest BCUT2D eigenvalue weighted by molar-refractivity contribution is 5.79. The van der Waals surface area contributed by atoms with Crippen molar-refractivity contribution in [3.8, 4) is 0 Å². The van der Waals surface area contributed by atoms with E-state index in [0.29, 0.717) is 30.7 Å². The summed E-state index contributed by atoms with van der Waals surface area (Å²) in [5.74, 6) is 1.71. The topological polar surface area (TPSA) is 58.6 Å². The van der Waals surface area contributed by atoms with Crippen molar-refractivity contribution >= 4 is 12.0 Å². The van der Waals surface area contributed by atoms with Gasteiger partial charge < -0.3 is 15.0 Å². The van der Waals surface area contributed by atoms with Crippen molar-refractivity contribution in [3.05, 3.63) is 12.7 Å². The minimum atomic E-state index is -0.451. The summed E-state index contributed by atoms with van der Waals surface area (Å²) in [5.41, 5.74) is -0.451. The fraction of sp³-hybridized carbons (Fsp3) is 0.789. The Balaban J connectivity index is 1.66. The van der Waals surface area contributed by atoms with E-state index in [-0.39, 0.29) is 12.0 Å². The molecule has 0 spiro atoms. The quantitative estimate of drug-likeness (QED) is 0.783. The first-order chi connectivity index (χ1) is 11.3. The smallest absolute Gasteiger partial charge is 0.407 e. The summed E-state index contributed by atoms with van der Waals surface area (Å²) < 4.78 is 5.27.